The van der Waals surface area contributed by atoms with E-state index in [0.29, 0.717) is 0 Å². The summed E-state index contributed by atoms with van der Waals surface area (Å²) in [5.41, 5.74) is 2.21. The molecule has 2 heterocycles. The van der Waals surface area contributed by atoms with E-state index in [1.165, 1.54) is 16.3 Å². The summed E-state index contributed by atoms with van der Waals surface area (Å²) in [5, 5.41) is 3.55. The van der Waals surface area contributed by atoms with Crippen LogP contribution < -0.4 is 0 Å². The number of thiazole rings is 1. The van der Waals surface area contributed by atoms with E-state index in [9.17, 15) is 0 Å². The maximum Gasteiger partial charge on any atom is 0.125 e. The second-order valence-corrected chi connectivity index (χ2v) is 5.42. The maximum atomic E-state index is 4.71. The molecule has 0 spiro atoms. The molecule has 0 aliphatic rings. The van der Waals surface area contributed by atoms with Gasteiger partial charge in [-0.2, -0.15) is 0 Å². The van der Waals surface area contributed by atoms with Gasteiger partial charge in [0.1, 0.15) is 5.01 Å². The Labute approximate surface area is 114 Å². The average molecular weight is 262 g/mol. The first-order chi connectivity index (χ1) is 9.42. The highest BCUT2D eigenvalue weighted by atomic mass is 32.1. The van der Waals surface area contributed by atoms with Gasteiger partial charge >= 0.3 is 0 Å². The molecule has 0 radical (unpaired) electrons. The summed E-state index contributed by atoms with van der Waals surface area (Å²) in [6, 6.07) is 16.7. The number of pyridine rings is 1. The maximum absolute atomic E-state index is 4.71. The van der Waals surface area contributed by atoms with Crippen LogP contribution in [0.25, 0.3) is 31.6 Å². The molecule has 0 saturated carbocycles. The summed E-state index contributed by atoms with van der Waals surface area (Å²) in [5.74, 6) is 0. The zero-order valence-corrected chi connectivity index (χ0v) is 10.9. The molecule has 90 valence electrons. The van der Waals surface area contributed by atoms with Gasteiger partial charge in [0.25, 0.3) is 0 Å². The number of hydrogen-bond acceptors (Lipinski definition) is 3. The molecule has 0 N–H and O–H groups in total. The summed E-state index contributed by atoms with van der Waals surface area (Å²) >= 11 is 1.69. The molecule has 19 heavy (non-hydrogen) atoms. The Balaban J connectivity index is 2.03. The third-order valence-corrected chi connectivity index (χ3v) is 4.25. The van der Waals surface area contributed by atoms with Crippen molar-refractivity contribution in [2.24, 2.45) is 0 Å². The largest absolute Gasteiger partial charge is 0.263 e. The Hall–Kier alpha value is -2.26. The van der Waals surface area contributed by atoms with Crippen LogP contribution in [0.4, 0.5) is 0 Å². The summed E-state index contributed by atoms with van der Waals surface area (Å²) in [6.45, 7) is 0. The highest BCUT2D eigenvalue weighted by Crippen LogP contribution is 2.33. The van der Waals surface area contributed by atoms with E-state index in [4.69, 9.17) is 4.98 Å². The first-order valence-corrected chi connectivity index (χ1v) is 6.92. The lowest BCUT2D eigenvalue weighted by Gasteiger charge is -2.02. The van der Waals surface area contributed by atoms with Crippen LogP contribution in [0.1, 0.15) is 0 Å². The van der Waals surface area contributed by atoms with E-state index in [1.54, 1.807) is 17.5 Å². The fourth-order valence-electron chi connectivity index (χ4n) is 2.31. The topological polar surface area (TPSA) is 25.8 Å². The molecule has 0 fully saturated rings. The van der Waals surface area contributed by atoms with Crippen molar-refractivity contribution in [1.82, 2.24) is 9.97 Å². The molecular weight excluding hydrogens is 252 g/mol. The van der Waals surface area contributed by atoms with E-state index in [1.807, 2.05) is 12.3 Å². The highest BCUT2D eigenvalue weighted by Gasteiger charge is 2.08. The average Bonchev–Trinajstić information content (AvgIpc) is 2.90. The zero-order chi connectivity index (χ0) is 12.7. The van der Waals surface area contributed by atoms with Crippen LogP contribution in [0.15, 0.2) is 60.9 Å². The molecule has 0 atom stereocenters. The Morgan fingerprint density at radius 2 is 1.79 bits per heavy atom. The van der Waals surface area contributed by atoms with Crippen LogP contribution in [-0.2, 0) is 0 Å². The number of benzene rings is 2. The summed E-state index contributed by atoms with van der Waals surface area (Å²) in [4.78, 5) is 8.86. The first-order valence-electron chi connectivity index (χ1n) is 6.10. The molecule has 4 aromatic rings. The van der Waals surface area contributed by atoms with Gasteiger partial charge in [-0.25, -0.2) is 4.98 Å². The molecule has 0 unspecified atom stereocenters. The molecule has 2 aromatic heterocycles. The standard InChI is InChI=1S/C16H10N2S/c1-2-6-12-11(4-1)5-3-7-13(12)16-18-14-8-9-17-10-15(14)19-16/h1-10H. The van der Waals surface area contributed by atoms with Crippen molar-refractivity contribution in [3.63, 3.8) is 0 Å². The Morgan fingerprint density at radius 3 is 2.74 bits per heavy atom. The van der Waals surface area contributed by atoms with Gasteiger partial charge in [-0.05, 0) is 16.8 Å². The number of nitrogens with zero attached hydrogens (tertiary/aromatic N) is 2. The number of rotatable bonds is 1. The van der Waals surface area contributed by atoms with Gasteiger partial charge < -0.3 is 0 Å². The second-order valence-electron chi connectivity index (χ2n) is 4.39. The van der Waals surface area contributed by atoms with Crippen molar-refractivity contribution < 1.29 is 0 Å². The minimum Gasteiger partial charge on any atom is -0.263 e. The molecule has 2 nitrogen and oxygen atoms in total. The van der Waals surface area contributed by atoms with Crippen molar-refractivity contribution in [2.45, 2.75) is 0 Å². The van der Waals surface area contributed by atoms with Gasteiger partial charge in [0, 0.05) is 18.0 Å². The van der Waals surface area contributed by atoms with Crippen LogP contribution in [0.3, 0.4) is 0 Å². The molecule has 4 rings (SSSR count). The van der Waals surface area contributed by atoms with Crippen LogP contribution in [0, 0.1) is 0 Å². The molecule has 0 bridgehead atoms. The number of fused-ring (bicyclic) bond motifs is 2. The molecule has 0 amide bonds. The van der Waals surface area contributed by atoms with E-state index in [0.717, 1.165) is 15.2 Å². The van der Waals surface area contributed by atoms with Crippen molar-refractivity contribution in [1.29, 1.82) is 0 Å². The smallest absolute Gasteiger partial charge is 0.125 e. The monoisotopic (exact) mass is 262 g/mol. The Kier molecular flexibility index (Phi) is 2.32. The number of hydrogen-bond donors (Lipinski definition) is 0. The SMILES string of the molecule is c1ccc2c(-c3nc4ccncc4s3)cccc2c1. The lowest BCUT2D eigenvalue weighted by Crippen LogP contribution is -1.79. The minimum atomic E-state index is 1.02. The van der Waals surface area contributed by atoms with Crippen molar-refractivity contribution in [2.75, 3.05) is 0 Å². The van der Waals surface area contributed by atoms with Crippen LogP contribution in [0.5, 0.6) is 0 Å². The lowest BCUT2D eigenvalue weighted by molar-refractivity contribution is 1.36. The predicted molar refractivity (Wildman–Crippen MR) is 80.4 cm³/mol. The van der Waals surface area contributed by atoms with Gasteiger partial charge in [0.05, 0.1) is 10.2 Å². The third-order valence-electron chi connectivity index (χ3n) is 3.21. The lowest BCUT2D eigenvalue weighted by atomic mass is 10.1. The van der Waals surface area contributed by atoms with Crippen molar-refractivity contribution >= 4 is 32.3 Å². The second kappa shape index (κ2) is 4.14. The molecule has 0 aliphatic heterocycles. The Bertz CT molecular complexity index is 842. The van der Waals surface area contributed by atoms with Crippen molar-refractivity contribution in [3.8, 4) is 10.6 Å². The van der Waals surface area contributed by atoms with Crippen molar-refractivity contribution in [3.05, 3.63) is 60.9 Å². The molecule has 2 aromatic carbocycles. The van der Waals surface area contributed by atoms with Crippen LogP contribution in [-0.4, -0.2) is 9.97 Å². The minimum absolute atomic E-state index is 1.02. The van der Waals surface area contributed by atoms with E-state index < -0.39 is 0 Å². The molecule has 3 heteroatoms. The molecular formula is C16H10N2S. The van der Waals surface area contributed by atoms with Gasteiger partial charge in [0.2, 0.25) is 0 Å². The highest BCUT2D eigenvalue weighted by molar-refractivity contribution is 7.21. The van der Waals surface area contributed by atoms with E-state index >= 15 is 0 Å². The van der Waals surface area contributed by atoms with E-state index in [-0.39, 0.29) is 0 Å². The van der Waals surface area contributed by atoms with Gasteiger partial charge in [-0.15, -0.1) is 11.3 Å². The third kappa shape index (κ3) is 1.71. The van der Waals surface area contributed by atoms with Gasteiger partial charge in [0.15, 0.2) is 0 Å². The summed E-state index contributed by atoms with van der Waals surface area (Å²) < 4.78 is 1.13. The summed E-state index contributed by atoms with van der Waals surface area (Å²) in [6.07, 6.45) is 3.66. The van der Waals surface area contributed by atoms with Gasteiger partial charge in [-0.1, -0.05) is 42.5 Å². The van der Waals surface area contributed by atoms with Gasteiger partial charge in [-0.3, -0.25) is 4.98 Å². The normalized spacial score (nSPS) is 11.2. The summed E-state index contributed by atoms with van der Waals surface area (Å²) in [7, 11) is 0. The quantitative estimate of drug-likeness (QED) is 0.504. The fourth-order valence-corrected chi connectivity index (χ4v) is 3.28. The van der Waals surface area contributed by atoms with E-state index in [2.05, 4.69) is 47.4 Å². The van der Waals surface area contributed by atoms with Crippen LogP contribution in [0.2, 0.25) is 0 Å². The molecule has 0 aliphatic carbocycles. The Morgan fingerprint density at radius 1 is 0.895 bits per heavy atom. The fraction of sp³-hybridized carbons (Fsp3) is 0. The predicted octanol–water partition coefficient (Wildman–Crippen LogP) is 4.51. The van der Waals surface area contributed by atoms with Crippen LogP contribution >= 0.6 is 11.3 Å². The zero-order valence-electron chi connectivity index (χ0n) is 10.1. The first kappa shape index (κ1) is 10.6. The molecule has 0 saturated heterocycles. The number of aromatic nitrogens is 2.